The topological polar surface area (TPSA) is 63.2 Å². The summed E-state index contributed by atoms with van der Waals surface area (Å²) in [5.41, 5.74) is 2.60. The van der Waals surface area contributed by atoms with Gasteiger partial charge in [-0.1, -0.05) is 43.6 Å². The van der Waals surface area contributed by atoms with Gasteiger partial charge in [-0.05, 0) is 42.2 Å². The highest BCUT2D eigenvalue weighted by Crippen LogP contribution is 2.30. The average molecular weight is 366 g/mol. The van der Waals surface area contributed by atoms with E-state index in [1.54, 1.807) is 12.1 Å². The van der Waals surface area contributed by atoms with E-state index in [0.29, 0.717) is 17.1 Å². The molecule has 0 spiro atoms. The molecule has 24 heavy (non-hydrogen) atoms. The van der Waals surface area contributed by atoms with E-state index in [9.17, 15) is 13.2 Å². The van der Waals surface area contributed by atoms with Crippen LogP contribution in [0.25, 0.3) is 0 Å². The number of hydrogen-bond acceptors (Lipinski definition) is 3. The highest BCUT2D eigenvalue weighted by atomic mass is 35.5. The fourth-order valence-corrected chi connectivity index (χ4v) is 3.80. The number of carbonyl (C=O) groups is 1. The summed E-state index contributed by atoms with van der Waals surface area (Å²) >= 11 is 6.24. The Morgan fingerprint density at radius 1 is 1.08 bits per heavy atom. The molecule has 0 radical (unpaired) electrons. The van der Waals surface area contributed by atoms with Crippen molar-refractivity contribution in [2.45, 2.75) is 31.6 Å². The second-order valence-corrected chi connectivity index (χ2v) is 7.88. The zero-order valence-corrected chi connectivity index (χ0v) is 15.5. The Bertz CT molecular complexity index is 876. The second kappa shape index (κ2) is 7.36. The van der Waals surface area contributed by atoms with E-state index < -0.39 is 15.7 Å². The van der Waals surface area contributed by atoms with E-state index in [2.05, 4.69) is 5.32 Å². The molecule has 0 unspecified atom stereocenters. The summed E-state index contributed by atoms with van der Waals surface area (Å²) in [5.74, 6) is -0.456. The van der Waals surface area contributed by atoms with E-state index in [0.717, 1.165) is 23.8 Å². The van der Waals surface area contributed by atoms with Gasteiger partial charge in [0.25, 0.3) is 5.91 Å². The number of rotatable bonds is 5. The van der Waals surface area contributed by atoms with Gasteiger partial charge in [0.1, 0.15) is 0 Å². The van der Waals surface area contributed by atoms with Crippen LogP contribution in [0.15, 0.2) is 41.3 Å². The van der Waals surface area contributed by atoms with Crippen LogP contribution < -0.4 is 5.32 Å². The molecule has 0 aliphatic rings. The van der Waals surface area contributed by atoms with Gasteiger partial charge in [0.15, 0.2) is 9.84 Å². The van der Waals surface area contributed by atoms with Crippen molar-refractivity contribution in [1.82, 2.24) is 0 Å². The molecule has 0 aromatic heterocycles. The van der Waals surface area contributed by atoms with Gasteiger partial charge in [-0.25, -0.2) is 8.42 Å². The molecule has 2 rings (SSSR count). The van der Waals surface area contributed by atoms with Gasteiger partial charge in [0.2, 0.25) is 0 Å². The lowest BCUT2D eigenvalue weighted by Crippen LogP contribution is -2.18. The maximum absolute atomic E-state index is 12.7. The average Bonchev–Trinajstić information content (AvgIpc) is 2.54. The zero-order chi connectivity index (χ0) is 17.9. The molecule has 0 saturated carbocycles. The summed E-state index contributed by atoms with van der Waals surface area (Å²) in [6.45, 7) is 3.95. The summed E-state index contributed by atoms with van der Waals surface area (Å²) in [7, 11) is -3.50. The van der Waals surface area contributed by atoms with Crippen LogP contribution in [0, 0.1) is 0 Å². The fourth-order valence-electron chi connectivity index (χ4n) is 2.63. The third kappa shape index (κ3) is 3.79. The van der Waals surface area contributed by atoms with Gasteiger partial charge in [0, 0.05) is 17.0 Å². The van der Waals surface area contributed by atoms with Gasteiger partial charge < -0.3 is 5.32 Å². The van der Waals surface area contributed by atoms with Crippen molar-refractivity contribution in [2.24, 2.45) is 0 Å². The molecule has 0 fully saturated rings. The normalized spacial score (nSPS) is 11.3. The molecule has 0 saturated heterocycles. The number of amides is 1. The number of halogens is 1. The first-order valence-electron chi connectivity index (χ1n) is 7.70. The first kappa shape index (κ1) is 18.5. The highest BCUT2D eigenvalue weighted by molar-refractivity contribution is 7.90. The molecule has 0 bridgehead atoms. The molecule has 0 heterocycles. The van der Waals surface area contributed by atoms with Crippen LogP contribution in [0.4, 0.5) is 5.69 Å². The summed E-state index contributed by atoms with van der Waals surface area (Å²) in [6, 6.07) is 9.88. The number of anilines is 1. The number of sulfone groups is 1. The molecule has 2 aromatic rings. The minimum absolute atomic E-state index is 0.0145. The van der Waals surface area contributed by atoms with Crippen molar-refractivity contribution in [3.05, 3.63) is 58.1 Å². The number of carbonyl (C=O) groups excluding carboxylic acids is 1. The van der Waals surface area contributed by atoms with Gasteiger partial charge in [-0.15, -0.1) is 0 Å². The molecule has 128 valence electrons. The number of benzene rings is 2. The maximum Gasteiger partial charge on any atom is 0.257 e. The lowest BCUT2D eigenvalue weighted by Gasteiger charge is -2.16. The minimum atomic E-state index is -3.50. The van der Waals surface area contributed by atoms with Gasteiger partial charge in [-0.3, -0.25) is 4.79 Å². The summed E-state index contributed by atoms with van der Waals surface area (Å²) in [5, 5.41) is 3.45. The van der Waals surface area contributed by atoms with E-state index in [1.165, 1.54) is 12.1 Å². The molecule has 4 nitrogen and oxygen atoms in total. The number of aryl methyl sites for hydroxylation is 1. The number of nitrogens with one attached hydrogen (secondary N) is 1. The first-order chi connectivity index (χ1) is 11.3. The van der Waals surface area contributed by atoms with Crippen LogP contribution in [0.1, 0.15) is 35.3 Å². The molecule has 0 aliphatic carbocycles. The lowest BCUT2D eigenvalue weighted by molar-refractivity contribution is 0.102. The van der Waals surface area contributed by atoms with E-state index in [4.69, 9.17) is 11.6 Å². The van der Waals surface area contributed by atoms with Crippen molar-refractivity contribution in [3.63, 3.8) is 0 Å². The lowest BCUT2D eigenvalue weighted by atomic mass is 10.0. The summed E-state index contributed by atoms with van der Waals surface area (Å²) in [6.07, 6.45) is 2.48. The van der Waals surface area contributed by atoms with Crippen LogP contribution in [-0.2, 0) is 22.7 Å². The molecule has 2 aromatic carbocycles. The van der Waals surface area contributed by atoms with E-state index in [-0.39, 0.29) is 10.5 Å². The Labute approximate surface area is 147 Å². The van der Waals surface area contributed by atoms with E-state index in [1.807, 2.05) is 26.0 Å². The summed E-state index contributed by atoms with van der Waals surface area (Å²) < 4.78 is 23.8. The third-order valence-corrected chi connectivity index (χ3v) is 5.36. The Morgan fingerprint density at radius 2 is 1.75 bits per heavy atom. The Morgan fingerprint density at radius 3 is 2.33 bits per heavy atom. The zero-order valence-electron chi connectivity index (χ0n) is 13.9. The smallest absolute Gasteiger partial charge is 0.257 e. The van der Waals surface area contributed by atoms with Crippen LogP contribution in [0.5, 0.6) is 0 Å². The van der Waals surface area contributed by atoms with E-state index >= 15 is 0 Å². The predicted octanol–water partition coefficient (Wildman–Crippen LogP) is 4.12. The predicted molar refractivity (Wildman–Crippen MR) is 97.7 cm³/mol. The molecular formula is C18H20ClNO3S. The Balaban J connectivity index is 2.51. The standard InChI is InChI=1S/C18H20ClNO3S/c1-4-12-10-11-15(19)13(5-2)17(12)20-18(21)14-8-6-7-9-16(14)24(3,22)23/h6-11H,4-5H2,1-3H3,(H,20,21). The van der Waals surface area contributed by atoms with Crippen molar-refractivity contribution in [3.8, 4) is 0 Å². The van der Waals surface area contributed by atoms with Gasteiger partial charge in [-0.2, -0.15) is 0 Å². The largest absolute Gasteiger partial charge is 0.321 e. The van der Waals surface area contributed by atoms with Crippen LogP contribution in [0.2, 0.25) is 5.02 Å². The molecule has 0 atom stereocenters. The van der Waals surface area contributed by atoms with Crippen molar-refractivity contribution in [1.29, 1.82) is 0 Å². The fraction of sp³-hybridized carbons (Fsp3) is 0.278. The van der Waals surface area contributed by atoms with Crippen molar-refractivity contribution >= 4 is 33.0 Å². The van der Waals surface area contributed by atoms with Crippen LogP contribution >= 0.6 is 11.6 Å². The molecule has 6 heteroatoms. The molecule has 1 amide bonds. The quantitative estimate of drug-likeness (QED) is 0.866. The Hall–Kier alpha value is -1.85. The van der Waals surface area contributed by atoms with Gasteiger partial charge >= 0.3 is 0 Å². The second-order valence-electron chi connectivity index (χ2n) is 5.49. The monoisotopic (exact) mass is 365 g/mol. The SMILES string of the molecule is CCc1ccc(Cl)c(CC)c1NC(=O)c1ccccc1S(C)(=O)=O. The van der Waals surface area contributed by atoms with Crippen molar-refractivity contribution < 1.29 is 13.2 Å². The third-order valence-electron chi connectivity index (χ3n) is 3.85. The van der Waals surface area contributed by atoms with Crippen molar-refractivity contribution in [2.75, 3.05) is 11.6 Å². The van der Waals surface area contributed by atoms with Gasteiger partial charge in [0.05, 0.1) is 10.5 Å². The Kier molecular flexibility index (Phi) is 5.67. The summed E-state index contributed by atoms with van der Waals surface area (Å²) in [4.78, 5) is 12.7. The first-order valence-corrected chi connectivity index (χ1v) is 9.97. The molecular weight excluding hydrogens is 346 g/mol. The molecule has 1 N–H and O–H groups in total. The highest BCUT2D eigenvalue weighted by Gasteiger charge is 2.20. The van der Waals surface area contributed by atoms with Crippen LogP contribution in [0.3, 0.4) is 0 Å². The maximum atomic E-state index is 12.7. The number of hydrogen-bond donors (Lipinski definition) is 1. The van der Waals surface area contributed by atoms with Crippen LogP contribution in [-0.4, -0.2) is 20.6 Å². The molecule has 0 aliphatic heterocycles. The minimum Gasteiger partial charge on any atom is -0.321 e.